The lowest BCUT2D eigenvalue weighted by Crippen LogP contribution is -2.14. The van der Waals surface area contributed by atoms with Gasteiger partial charge in [-0.05, 0) is 63.6 Å². The van der Waals surface area contributed by atoms with Crippen LogP contribution in [0.1, 0.15) is 42.2 Å². The summed E-state index contributed by atoms with van der Waals surface area (Å²) in [4.78, 5) is 9.12. The Morgan fingerprint density at radius 2 is 1.47 bits per heavy atom. The van der Waals surface area contributed by atoms with E-state index in [2.05, 4.69) is 16.0 Å². The third-order valence-corrected chi connectivity index (χ3v) is 6.83. The second-order valence-corrected chi connectivity index (χ2v) is 10.2. The smallest absolute Gasteiger partial charge is 0.161 e. The molecule has 1 N–H and O–H groups in total. The molecule has 2 aromatic carbocycles. The summed E-state index contributed by atoms with van der Waals surface area (Å²) in [7, 11) is 3.24. The lowest BCUT2D eigenvalue weighted by atomic mass is 9.96. The molecule has 0 fully saturated rings. The number of hydrogen-bond donors (Lipinski definition) is 1. The van der Waals surface area contributed by atoms with Crippen LogP contribution < -0.4 is 9.47 Å². The zero-order chi connectivity index (χ0) is 25.9. The van der Waals surface area contributed by atoms with Crippen LogP contribution in [0.15, 0.2) is 59.0 Å². The quantitative estimate of drug-likeness (QED) is 0.272. The number of ether oxygens (including phenoxy) is 2. The molecule has 36 heavy (non-hydrogen) atoms. The average Bonchev–Trinajstić information content (AvgIpc) is 3.26. The van der Waals surface area contributed by atoms with Gasteiger partial charge in [0.1, 0.15) is 17.3 Å². The van der Waals surface area contributed by atoms with E-state index >= 15 is 0 Å². The summed E-state index contributed by atoms with van der Waals surface area (Å²) in [6.45, 7) is 7.54. The largest absolute Gasteiger partial charge is 0.493 e. The fourth-order valence-electron chi connectivity index (χ4n) is 4.06. The molecule has 2 aromatic heterocycles. The Balaban J connectivity index is 1.67. The maximum atomic E-state index is 10.4. The van der Waals surface area contributed by atoms with Gasteiger partial charge in [0.05, 0.1) is 25.6 Å². The number of aliphatic hydroxyl groups is 1. The van der Waals surface area contributed by atoms with Gasteiger partial charge in [-0.1, -0.05) is 24.3 Å². The summed E-state index contributed by atoms with van der Waals surface area (Å²) in [5.74, 6) is 5.13. The first kappa shape index (κ1) is 25.8. The first-order valence-electron chi connectivity index (χ1n) is 11.7. The molecule has 7 heteroatoms. The molecule has 0 unspecified atom stereocenters. The van der Waals surface area contributed by atoms with Crippen LogP contribution in [0, 0.1) is 13.8 Å². The monoisotopic (exact) mass is 504 g/mol. The molecule has 0 amide bonds. The van der Waals surface area contributed by atoms with Crippen molar-refractivity contribution < 1.29 is 19.0 Å². The number of nitrogens with zero attached hydrogens (tertiary/aromatic N) is 2. The van der Waals surface area contributed by atoms with Gasteiger partial charge in [0.25, 0.3) is 0 Å². The molecule has 0 radical (unpaired) electrons. The van der Waals surface area contributed by atoms with E-state index in [0.717, 1.165) is 56.7 Å². The molecule has 2 heterocycles. The van der Waals surface area contributed by atoms with Gasteiger partial charge in [0.2, 0.25) is 0 Å². The summed E-state index contributed by atoms with van der Waals surface area (Å²) < 4.78 is 17.3. The fraction of sp³-hybridized carbons (Fsp3) is 0.310. The first-order valence-corrected chi connectivity index (χ1v) is 12.9. The Kier molecular flexibility index (Phi) is 7.71. The third-order valence-electron chi connectivity index (χ3n) is 5.85. The van der Waals surface area contributed by atoms with Crippen LogP contribution in [-0.4, -0.2) is 29.3 Å². The van der Waals surface area contributed by atoms with Gasteiger partial charge in [0.15, 0.2) is 11.5 Å². The Labute approximate surface area is 216 Å². The lowest BCUT2D eigenvalue weighted by molar-refractivity contribution is 0.0786. The maximum absolute atomic E-state index is 10.4. The second kappa shape index (κ2) is 10.8. The lowest BCUT2D eigenvalue weighted by Gasteiger charge is -2.17. The van der Waals surface area contributed by atoms with Crippen LogP contribution in [0.3, 0.4) is 0 Å². The Hall–Kier alpha value is -3.29. The highest BCUT2D eigenvalue weighted by Gasteiger charge is 2.19. The number of benzene rings is 2. The second-order valence-electron chi connectivity index (χ2n) is 9.23. The highest BCUT2D eigenvalue weighted by Crippen LogP contribution is 2.38. The van der Waals surface area contributed by atoms with Crippen LogP contribution in [0.25, 0.3) is 22.6 Å². The number of methoxy groups -OCH3 is 2. The van der Waals surface area contributed by atoms with E-state index in [1.54, 1.807) is 39.8 Å². The molecule has 0 saturated heterocycles. The minimum atomic E-state index is -0.906. The Morgan fingerprint density at radius 3 is 2.08 bits per heavy atom. The van der Waals surface area contributed by atoms with Crippen molar-refractivity contribution in [2.24, 2.45) is 0 Å². The number of rotatable bonds is 9. The van der Waals surface area contributed by atoms with Crippen molar-refractivity contribution in [1.82, 2.24) is 9.97 Å². The number of aromatic nitrogens is 2. The molecule has 0 aliphatic carbocycles. The van der Waals surface area contributed by atoms with E-state index in [4.69, 9.17) is 13.9 Å². The summed E-state index contributed by atoms with van der Waals surface area (Å²) in [5, 5.41) is 10.4. The van der Waals surface area contributed by atoms with Gasteiger partial charge in [-0.2, -0.15) is 0 Å². The van der Waals surface area contributed by atoms with Crippen LogP contribution in [0.4, 0.5) is 0 Å². The molecular formula is C29H32N2O4S. The van der Waals surface area contributed by atoms with E-state index in [1.807, 2.05) is 62.4 Å². The minimum absolute atomic E-state index is 0.644. The van der Waals surface area contributed by atoms with Crippen LogP contribution >= 0.6 is 11.8 Å². The normalized spacial score (nSPS) is 11.5. The molecule has 0 aliphatic rings. The number of aryl methyl sites for hydroxylation is 2. The van der Waals surface area contributed by atoms with E-state index < -0.39 is 5.60 Å². The predicted octanol–water partition coefficient (Wildman–Crippen LogP) is 6.70. The highest BCUT2D eigenvalue weighted by atomic mass is 32.2. The topological polar surface area (TPSA) is 77.6 Å². The van der Waals surface area contributed by atoms with Crippen molar-refractivity contribution in [3.05, 3.63) is 82.9 Å². The molecule has 6 nitrogen and oxygen atoms in total. The van der Waals surface area contributed by atoms with Gasteiger partial charge in [-0.3, -0.25) is 0 Å². The van der Waals surface area contributed by atoms with Gasteiger partial charge in [0, 0.05) is 33.8 Å². The van der Waals surface area contributed by atoms with Crippen LogP contribution in [0.2, 0.25) is 0 Å². The van der Waals surface area contributed by atoms with E-state index in [-0.39, 0.29) is 0 Å². The van der Waals surface area contributed by atoms with Crippen molar-refractivity contribution in [3.8, 4) is 34.1 Å². The number of thioether (sulfide) groups is 1. The highest BCUT2D eigenvalue weighted by molar-refractivity contribution is 7.97. The minimum Gasteiger partial charge on any atom is -0.493 e. The number of furan rings is 1. The summed E-state index contributed by atoms with van der Waals surface area (Å²) in [6, 6.07) is 17.7. The molecule has 0 spiro atoms. The predicted molar refractivity (Wildman–Crippen MR) is 144 cm³/mol. The summed E-state index contributed by atoms with van der Waals surface area (Å²) in [6.07, 6.45) is 0. The molecular weight excluding hydrogens is 472 g/mol. The number of hydrogen-bond acceptors (Lipinski definition) is 7. The Bertz CT molecular complexity index is 1320. The van der Waals surface area contributed by atoms with E-state index in [9.17, 15) is 5.11 Å². The fourth-order valence-corrected chi connectivity index (χ4v) is 4.91. The first-order chi connectivity index (χ1) is 17.2. The third kappa shape index (κ3) is 5.91. The van der Waals surface area contributed by atoms with E-state index in [1.165, 1.54) is 0 Å². The van der Waals surface area contributed by atoms with Gasteiger partial charge in [-0.25, -0.2) is 9.97 Å². The molecule has 4 aromatic rings. The molecule has 188 valence electrons. The molecule has 0 atom stereocenters. The van der Waals surface area contributed by atoms with Gasteiger partial charge in [-0.15, -0.1) is 11.8 Å². The van der Waals surface area contributed by atoms with Crippen molar-refractivity contribution in [2.45, 2.75) is 44.8 Å². The zero-order valence-electron chi connectivity index (χ0n) is 21.6. The van der Waals surface area contributed by atoms with Crippen molar-refractivity contribution in [2.75, 3.05) is 14.2 Å². The van der Waals surface area contributed by atoms with Crippen LogP contribution in [0.5, 0.6) is 11.5 Å². The van der Waals surface area contributed by atoms with Crippen molar-refractivity contribution in [3.63, 3.8) is 0 Å². The zero-order valence-corrected chi connectivity index (χ0v) is 22.4. The standard InChI is InChI=1S/C29H32N2O4S/c1-18-13-19(2)31-27(30-18)17-36-16-22-15-25(21-9-12-24(33-5)26(14-21)34-6)35-28(22)20-7-10-23(11-8-20)29(3,4)32/h7-15,32H,16-17H2,1-6H3. The molecule has 0 bridgehead atoms. The average molecular weight is 505 g/mol. The molecule has 4 rings (SSSR count). The van der Waals surface area contributed by atoms with Crippen molar-refractivity contribution >= 4 is 11.8 Å². The Morgan fingerprint density at radius 1 is 0.833 bits per heavy atom. The summed E-state index contributed by atoms with van der Waals surface area (Å²) in [5.41, 5.74) is 4.82. The van der Waals surface area contributed by atoms with Crippen molar-refractivity contribution in [1.29, 1.82) is 0 Å². The molecule has 0 aliphatic heterocycles. The van der Waals surface area contributed by atoms with Gasteiger partial charge >= 0.3 is 0 Å². The van der Waals surface area contributed by atoms with Crippen LogP contribution in [-0.2, 0) is 17.1 Å². The van der Waals surface area contributed by atoms with Gasteiger partial charge < -0.3 is 19.0 Å². The van der Waals surface area contributed by atoms with E-state index in [0.29, 0.717) is 17.3 Å². The SMILES string of the molecule is COc1ccc(-c2cc(CSCc3nc(C)cc(C)n3)c(-c3ccc(C(C)(C)O)cc3)o2)cc1OC. The maximum Gasteiger partial charge on any atom is 0.161 e. The molecule has 0 saturated carbocycles. The summed E-state index contributed by atoms with van der Waals surface area (Å²) >= 11 is 1.75.